The minimum atomic E-state index is 0.0308. The van der Waals surface area contributed by atoms with Crippen molar-refractivity contribution in [3.05, 3.63) is 55.0 Å². The average Bonchev–Trinajstić information content (AvgIpc) is 3.38. The van der Waals surface area contributed by atoms with E-state index >= 15 is 0 Å². The Hall–Kier alpha value is -2.03. The minimum Gasteiger partial charge on any atom is -0.361 e. The molecule has 6 nitrogen and oxygen atoms in total. The summed E-state index contributed by atoms with van der Waals surface area (Å²) in [5, 5.41) is 12.1. The van der Waals surface area contributed by atoms with Crippen LogP contribution in [0.4, 0.5) is 0 Å². The lowest BCUT2D eigenvalue weighted by Gasteiger charge is -2.27. The molecule has 0 spiro atoms. The van der Waals surface area contributed by atoms with Gasteiger partial charge >= 0.3 is 0 Å². The van der Waals surface area contributed by atoms with E-state index in [0.29, 0.717) is 6.54 Å². The maximum absolute atomic E-state index is 12.6. The highest BCUT2D eigenvalue weighted by atomic mass is 32.1. The average molecular weight is 403 g/mol. The third-order valence-electron chi connectivity index (χ3n) is 4.94. The van der Waals surface area contributed by atoms with Gasteiger partial charge in [-0.25, -0.2) is 4.98 Å². The molecule has 0 aromatic carbocycles. The number of amides is 1. The predicted molar refractivity (Wildman–Crippen MR) is 106 cm³/mol. The number of rotatable bonds is 6. The Morgan fingerprint density at radius 3 is 3.00 bits per heavy atom. The van der Waals surface area contributed by atoms with Crippen LogP contribution < -0.4 is 5.32 Å². The van der Waals surface area contributed by atoms with Gasteiger partial charge in [-0.1, -0.05) is 5.16 Å². The lowest BCUT2D eigenvalue weighted by Crippen LogP contribution is -2.31. The molecule has 0 aliphatic carbocycles. The molecular weight excluding hydrogens is 380 g/mol. The number of hydrogen-bond donors (Lipinski definition) is 1. The van der Waals surface area contributed by atoms with Gasteiger partial charge in [-0.05, 0) is 25.8 Å². The van der Waals surface area contributed by atoms with Crippen molar-refractivity contribution in [1.82, 2.24) is 20.4 Å². The van der Waals surface area contributed by atoms with E-state index in [9.17, 15) is 4.79 Å². The Morgan fingerprint density at radius 2 is 2.26 bits per heavy atom. The third kappa shape index (κ3) is 3.97. The van der Waals surface area contributed by atoms with E-state index in [-0.39, 0.29) is 5.91 Å². The van der Waals surface area contributed by atoms with E-state index in [2.05, 4.69) is 20.4 Å². The van der Waals surface area contributed by atoms with Crippen LogP contribution in [0.3, 0.4) is 0 Å². The lowest BCUT2D eigenvalue weighted by atomic mass is 10.0. The van der Waals surface area contributed by atoms with Crippen LogP contribution in [-0.2, 0) is 25.9 Å². The van der Waals surface area contributed by atoms with E-state index < -0.39 is 0 Å². The van der Waals surface area contributed by atoms with Crippen LogP contribution >= 0.6 is 22.7 Å². The summed E-state index contributed by atoms with van der Waals surface area (Å²) < 4.78 is 5.28. The first-order chi connectivity index (χ1) is 13.1. The van der Waals surface area contributed by atoms with E-state index in [0.717, 1.165) is 54.5 Å². The first-order valence-corrected chi connectivity index (χ1v) is 10.8. The maximum atomic E-state index is 12.6. The molecule has 0 saturated heterocycles. The molecule has 0 fully saturated rings. The van der Waals surface area contributed by atoms with Crippen molar-refractivity contribution in [1.29, 1.82) is 0 Å². The van der Waals surface area contributed by atoms with Gasteiger partial charge in [0.15, 0.2) is 0 Å². The van der Waals surface area contributed by atoms with Crippen LogP contribution in [0.5, 0.6) is 0 Å². The number of aryl methyl sites for hydroxylation is 2. The highest BCUT2D eigenvalue weighted by Crippen LogP contribution is 2.30. The van der Waals surface area contributed by atoms with Gasteiger partial charge in [0.25, 0.3) is 5.91 Å². The molecule has 0 unspecified atom stereocenters. The van der Waals surface area contributed by atoms with Crippen molar-refractivity contribution in [2.45, 2.75) is 39.8 Å². The second-order valence-corrected chi connectivity index (χ2v) is 8.69. The van der Waals surface area contributed by atoms with Crippen molar-refractivity contribution in [2.24, 2.45) is 0 Å². The topological polar surface area (TPSA) is 71.3 Å². The van der Waals surface area contributed by atoms with Gasteiger partial charge in [0.2, 0.25) is 0 Å². The number of carbonyl (C=O) groups is 1. The van der Waals surface area contributed by atoms with Gasteiger partial charge in [-0.3, -0.25) is 9.69 Å². The summed E-state index contributed by atoms with van der Waals surface area (Å²) in [6.07, 6.45) is 3.48. The van der Waals surface area contributed by atoms with E-state index in [1.54, 1.807) is 28.9 Å². The summed E-state index contributed by atoms with van der Waals surface area (Å²) in [6.45, 7) is 7.22. The summed E-state index contributed by atoms with van der Waals surface area (Å²) >= 11 is 3.31. The molecular formula is C19H22N4O2S2. The Morgan fingerprint density at radius 1 is 1.37 bits per heavy atom. The van der Waals surface area contributed by atoms with E-state index in [1.165, 1.54) is 16.0 Å². The van der Waals surface area contributed by atoms with Crippen LogP contribution in [-0.4, -0.2) is 34.0 Å². The molecule has 1 aliphatic rings. The molecule has 3 aromatic rings. The normalized spacial score (nSPS) is 14.3. The summed E-state index contributed by atoms with van der Waals surface area (Å²) in [6, 6.07) is 0. The quantitative estimate of drug-likeness (QED) is 0.685. The summed E-state index contributed by atoms with van der Waals surface area (Å²) in [4.78, 5) is 20.5. The second kappa shape index (κ2) is 7.92. The van der Waals surface area contributed by atoms with Crippen molar-refractivity contribution >= 4 is 28.6 Å². The number of nitrogens with zero attached hydrogens (tertiary/aromatic N) is 3. The molecule has 1 amide bonds. The van der Waals surface area contributed by atoms with Gasteiger partial charge in [0.1, 0.15) is 5.76 Å². The molecule has 0 saturated carbocycles. The number of hydrogen-bond acceptors (Lipinski definition) is 7. The van der Waals surface area contributed by atoms with Gasteiger partial charge in [-0.2, -0.15) is 0 Å². The van der Waals surface area contributed by atoms with Crippen molar-refractivity contribution in [3.63, 3.8) is 0 Å². The molecule has 0 radical (unpaired) electrons. The standard InChI is InChI=1S/C19H22N4O2S2/c1-12-15(13(2)25-22-12)9-23-7-4-14-16(11-27-17(14)10-23)19(24)21-5-3-18-20-6-8-26-18/h6,8,11H,3-5,7,9-10H2,1-2H3,(H,21,24). The van der Waals surface area contributed by atoms with Gasteiger partial charge < -0.3 is 9.84 Å². The molecule has 1 aliphatic heterocycles. The van der Waals surface area contributed by atoms with E-state index in [1.807, 2.05) is 24.6 Å². The Kier molecular flexibility index (Phi) is 5.38. The molecule has 3 aromatic heterocycles. The second-order valence-electron chi connectivity index (χ2n) is 6.75. The zero-order valence-electron chi connectivity index (χ0n) is 15.4. The van der Waals surface area contributed by atoms with E-state index in [4.69, 9.17) is 4.52 Å². The SMILES string of the molecule is Cc1noc(C)c1CN1CCc2c(C(=O)NCCc3nccs3)csc2C1. The van der Waals surface area contributed by atoms with Crippen LogP contribution in [0.15, 0.2) is 21.5 Å². The van der Waals surface area contributed by atoms with Crippen LogP contribution in [0.2, 0.25) is 0 Å². The van der Waals surface area contributed by atoms with Crippen LogP contribution in [0.1, 0.15) is 42.8 Å². The summed E-state index contributed by atoms with van der Waals surface area (Å²) in [5.41, 5.74) is 4.19. The Balaban J connectivity index is 1.37. The molecule has 4 heterocycles. The minimum absolute atomic E-state index is 0.0308. The molecule has 142 valence electrons. The lowest BCUT2D eigenvalue weighted by molar-refractivity contribution is 0.0953. The summed E-state index contributed by atoms with van der Waals surface area (Å²) in [7, 11) is 0. The Bertz CT molecular complexity index is 910. The molecule has 0 atom stereocenters. The summed E-state index contributed by atoms with van der Waals surface area (Å²) in [5.74, 6) is 0.924. The monoisotopic (exact) mass is 402 g/mol. The zero-order valence-corrected chi connectivity index (χ0v) is 17.1. The van der Waals surface area contributed by atoms with Crippen molar-refractivity contribution in [3.8, 4) is 0 Å². The number of fused-ring (bicyclic) bond motifs is 1. The number of aromatic nitrogens is 2. The molecule has 4 rings (SSSR count). The largest absolute Gasteiger partial charge is 0.361 e. The van der Waals surface area contributed by atoms with Crippen LogP contribution in [0, 0.1) is 13.8 Å². The molecule has 0 bridgehead atoms. The van der Waals surface area contributed by atoms with Gasteiger partial charge in [-0.15, -0.1) is 22.7 Å². The van der Waals surface area contributed by atoms with Crippen molar-refractivity contribution < 1.29 is 9.32 Å². The first-order valence-electron chi connectivity index (χ1n) is 9.01. The number of thiophene rings is 1. The number of nitrogens with one attached hydrogen (secondary N) is 1. The fourth-order valence-corrected chi connectivity index (χ4v) is 5.15. The van der Waals surface area contributed by atoms with Crippen LogP contribution in [0.25, 0.3) is 0 Å². The maximum Gasteiger partial charge on any atom is 0.252 e. The zero-order chi connectivity index (χ0) is 18.8. The predicted octanol–water partition coefficient (Wildman–Crippen LogP) is 3.34. The number of carbonyl (C=O) groups excluding carboxylic acids is 1. The smallest absolute Gasteiger partial charge is 0.252 e. The third-order valence-corrected chi connectivity index (χ3v) is 6.79. The van der Waals surface area contributed by atoms with Crippen molar-refractivity contribution in [2.75, 3.05) is 13.1 Å². The highest BCUT2D eigenvalue weighted by Gasteiger charge is 2.25. The molecule has 27 heavy (non-hydrogen) atoms. The first kappa shape index (κ1) is 18.3. The van der Waals surface area contributed by atoms with Gasteiger partial charge in [0, 0.05) is 60.0 Å². The number of thiazole rings is 1. The fourth-order valence-electron chi connectivity index (χ4n) is 3.41. The highest BCUT2D eigenvalue weighted by molar-refractivity contribution is 7.10. The fraction of sp³-hybridized carbons (Fsp3) is 0.421. The van der Waals surface area contributed by atoms with Gasteiger partial charge in [0.05, 0.1) is 16.3 Å². The molecule has 8 heteroatoms. The Labute approximate surface area is 166 Å². The molecule has 1 N–H and O–H groups in total.